The number of hydrogen-bond donors (Lipinski definition) is 2. The van der Waals surface area contributed by atoms with Crippen LogP contribution in [0.25, 0.3) is 0 Å². The predicted molar refractivity (Wildman–Crippen MR) is 74.1 cm³/mol. The molecule has 1 amide bonds. The number of amides is 1. The lowest BCUT2D eigenvalue weighted by Crippen LogP contribution is -2.48. The van der Waals surface area contributed by atoms with E-state index in [9.17, 15) is 4.79 Å². The predicted octanol–water partition coefficient (Wildman–Crippen LogP) is 2.45. The first-order chi connectivity index (χ1) is 8.68. The number of hydrogen-bond acceptors (Lipinski definition) is 2. The lowest BCUT2D eigenvalue weighted by Gasteiger charge is -2.33. The zero-order valence-electron chi connectivity index (χ0n) is 11.7. The van der Waals surface area contributed by atoms with Crippen molar-refractivity contribution >= 4 is 5.91 Å². The van der Waals surface area contributed by atoms with Crippen molar-refractivity contribution < 1.29 is 4.79 Å². The molecule has 0 saturated heterocycles. The van der Waals surface area contributed by atoms with E-state index >= 15 is 0 Å². The van der Waals surface area contributed by atoms with E-state index < -0.39 is 0 Å². The second-order valence-corrected chi connectivity index (χ2v) is 6.34. The fourth-order valence-corrected chi connectivity index (χ4v) is 3.51. The van der Waals surface area contributed by atoms with E-state index in [2.05, 4.69) is 12.2 Å². The first-order valence-electron chi connectivity index (χ1n) is 7.71. The zero-order chi connectivity index (χ0) is 13.0. The molecular formula is C15H28N2O. The lowest BCUT2D eigenvalue weighted by atomic mass is 9.77. The quantitative estimate of drug-likeness (QED) is 0.810. The molecule has 18 heavy (non-hydrogen) atoms. The highest BCUT2D eigenvalue weighted by Gasteiger charge is 2.32. The van der Waals surface area contributed by atoms with Crippen LogP contribution in [0.3, 0.4) is 0 Å². The normalized spacial score (nSPS) is 34.2. The van der Waals surface area contributed by atoms with Crippen LogP contribution >= 0.6 is 0 Å². The van der Waals surface area contributed by atoms with E-state index in [4.69, 9.17) is 5.73 Å². The van der Waals surface area contributed by atoms with Gasteiger partial charge in [0.05, 0.1) is 5.92 Å². The summed E-state index contributed by atoms with van der Waals surface area (Å²) in [7, 11) is 0. The van der Waals surface area contributed by atoms with Crippen molar-refractivity contribution in [3.05, 3.63) is 0 Å². The number of carbonyl (C=O) groups is 1. The van der Waals surface area contributed by atoms with Crippen LogP contribution in [0.5, 0.6) is 0 Å². The summed E-state index contributed by atoms with van der Waals surface area (Å²) in [5.74, 6) is 1.46. The van der Waals surface area contributed by atoms with Gasteiger partial charge in [-0.15, -0.1) is 0 Å². The van der Waals surface area contributed by atoms with Gasteiger partial charge in [0.15, 0.2) is 0 Å². The monoisotopic (exact) mass is 252 g/mol. The molecule has 2 aliphatic carbocycles. The molecule has 3 nitrogen and oxygen atoms in total. The van der Waals surface area contributed by atoms with E-state index in [1.165, 1.54) is 38.5 Å². The van der Waals surface area contributed by atoms with E-state index in [1.807, 2.05) is 0 Å². The van der Waals surface area contributed by atoms with Gasteiger partial charge in [0.25, 0.3) is 0 Å². The van der Waals surface area contributed by atoms with Crippen LogP contribution in [-0.4, -0.2) is 18.5 Å². The van der Waals surface area contributed by atoms with Gasteiger partial charge in [-0.3, -0.25) is 4.79 Å². The highest BCUT2D eigenvalue weighted by Crippen LogP contribution is 2.28. The molecule has 0 heterocycles. The molecule has 0 aromatic heterocycles. The Morgan fingerprint density at radius 3 is 2.56 bits per heavy atom. The second kappa shape index (κ2) is 6.55. The molecule has 2 rings (SSSR count). The van der Waals surface area contributed by atoms with Crippen molar-refractivity contribution in [2.75, 3.05) is 6.54 Å². The Balaban J connectivity index is 1.76. The van der Waals surface area contributed by atoms with E-state index in [0.29, 0.717) is 11.8 Å². The Labute approximate surface area is 111 Å². The average molecular weight is 252 g/mol. The maximum Gasteiger partial charge on any atom is 0.224 e. The van der Waals surface area contributed by atoms with Crippen LogP contribution < -0.4 is 11.1 Å². The van der Waals surface area contributed by atoms with Gasteiger partial charge in [0, 0.05) is 12.6 Å². The Hall–Kier alpha value is -0.570. The van der Waals surface area contributed by atoms with Crippen LogP contribution in [0.4, 0.5) is 0 Å². The summed E-state index contributed by atoms with van der Waals surface area (Å²) in [6, 6.07) is 0.0603. The van der Waals surface area contributed by atoms with Gasteiger partial charge in [-0.2, -0.15) is 0 Å². The second-order valence-electron chi connectivity index (χ2n) is 6.34. The number of carbonyl (C=O) groups excluding carboxylic acids is 1. The largest absolute Gasteiger partial charge is 0.356 e. The Morgan fingerprint density at radius 2 is 1.83 bits per heavy atom. The molecule has 3 unspecified atom stereocenters. The third-order valence-electron chi connectivity index (χ3n) is 4.92. The first kappa shape index (κ1) is 13.9. The fraction of sp³-hybridized carbons (Fsp3) is 0.933. The van der Waals surface area contributed by atoms with Crippen molar-refractivity contribution in [3.63, 3.8) is 0 Å². The van der Waals surface area contributed by atoms with Crippen LogP contribution in [-0.2, 0) is 4.79 Å². The van der Waals surface area contributed by atoms with Crippen LogP contribution in [0.1, 0.15) is 58.3 Å². The Kier molecular flexibility index (Phi) is 5.04. The molecule has 3 atom stereocenters. The van der Waals surface area contributed by atoms with Gasteiger partial charge in [-0.25, -0.2) is 0 Å². The molecular weight excluding hydrogens is 224 g/mol. The molecule has 0 aliphatic heterocycles. The molecule has 0 aromatic rings. The van der Waals surface area contributed by atoms with Crippen molar-refractivity contribution in [2.45, 2.75) is 64.3 Å². The van der Waals surface area contributed by atoms with Gasteiger partial charge in [-0.05, 0) is 37.5 Å². The minimum absolute atomic E-state index is 0.0531. The van der Waals surface area contributed by atoms with Gasteiger partial charge in [0.2, 0.25) is 5.91 Å². The first-order valence-corrected chi connectivity index (χ1v) is 7.71. The highest BCUT2D eigenvalue weighted by atomic mass is 16.1. The molecule has 0 radical (unpaired) electrons. The van der Waals surface area contributed by atoms with E-state index in [0.717, 1.165) is 19.4 Å². The number of rotatable bonds is 3. The maximum absolute atomic E-state index is 12.2. The molecule has 0 spiro atoms. The van der Waals surface area contributed by atoms with Crippen LogP contribution in [0, 0.1) is 17.8 Å². The summed E-state index contributed by atoms with van der Waals surface area (Å²) in [6.07, 6.45) is 9.91. The summed E-state index contributed by atoms with van der Waals surface area (Å²) in [5.41, 5.74) is 6.17. The summed E-state index contributed by atoms with van der Waals surface area (Å²) in [4.78, 5) is 12.2. The van der Waals surface area contributed by atoms with Gasteiger partial charge in [-0.1, -0.05) is 32.6 Å². The van der Waals surface area contributed by atoms with E-state index in [-0.39, 0.29) is 17.9 Å². The summed E-state index contributed by atoms with van der Waals surface area (Å²) in [6.45, 7) is 3.04. The van der Waals surface area contributed by atoms with Gasteiger partial charge in [0.1, 0.15) is 0 Å². The molecule has 0 aromatic carbocycles. The molecule has 2 fully saturated rings. The van der Waals surface area contributed by atoms with Crippen molar-refractivity contribution in [1.82, 2.24) is 5.32 Å². The smallest absolute Gasteiger partial charge is 0.224 e. The SMILES string of the molecule is CC1CCCC(C(=O)NCC2CCCCC2)C1N. The van der Waals surface area contributed by atoms with Crippen molar-refractivity contribution in [3.8, 4) is 0 Å². The van der Waals surface area contributed by atoms with E-state index in [1.54, 1.807) is 0 Å². The minimum atomic E-state index is 0.0531. The van der Waals surface area contributed by atoms with Gasteiger partial charge >= 0.3 is 0 Å². The highest BCUT2D eigenvalue weighted by molar-refractivity contribution is 5.79. The zero-order valence-corrected chi connectivity index (χ0v) is 11.7. The molecule has 2 saturated carbocycles. The number of nitrogens with two attached hydrogens (primary N) is 1. The molecule has 104 valence electrons. The summed E-state index contributed by atoms with van der Waals surface area (Å²) in [5, 5.41) is 3.15. The third-order valence-corrected chi connectivity index (χ3v) is 4.92. The maximum atomic E-state index is 12.2. The molecule has 3 heteroatoms. The number of nitrogens with one attached hydrogen (secondary N) is 1. The standard InChI is InChI=1S/C15H28N2O/c1-11-6-5-9-13(14(11)16)15(18)17-10-12-7-3-2-4-8-12/h11-14H,2-10,16H2,1H3,(H,17,18). The van der Waals surface area contributed by atoms with Crippen LogP contribution in [0.2, 0.25) is 0 Å². The lowest BCUT2D eigenvalue weighted by molar-refractivity contribution is -0.127. The Bertz CT molecular complexity index is 274. The molecule has 0 bridgehead atoms. The molecule has 3 N–H and O–H groups in total. The third kappa shape index (κ3) is 3.47. The van der Waals surface area contributed by atoms with Crippen molar-refractivity contribution in [1.29, 1.82) is 0 Å². The van der Waals surface area contributed by atoms with Crippen molar-refractivity contribution in [2.24, 2.45) is 23.5 Å². The summed E-state index contributed by atoms with van der Waals surface area (Å²) < 4.78 is 0. The molecule has 2 aliphatic rings. The topological polar surface area (TPSA) is 55.1 Å². The fourth-order valence-electron chi connectivity index (χ4n) is 3.51. The minimum Gasteiger partial charge on any atom is -0.356 e. The summed E-state index contributed by atoms with van der Waals surface area (Å²) >= 11 is 0. The average Bonchev–Trinajstić information content (AvgIpc) is 2.40. The Morgan fingerprint density at radius 1 is 1.11 bits per heavy atom. The van der Waals surface area contributed by atoms with Crippen LogP contribution in [0.15, 0.2) is 0 Å². The van der Waals surface area contributed by atoms with Gasteiger partial charge < -0.3 is 11.1 Å².